The van der Waals surface area contributed by atoms with E-state index in [1.807, 2.05) is 0 Å². The van der Waals surface area contributed by atoms with Crippen LogP contribution in [0.4, 0.5) is 13.2 Å². The number of unbranched alkanes of at least 4 members (excludes halogenated alkanes) is 2. The van der Waals surface area contributed by atoms with Crippen molar-refractivity contribution in [3.63, 3.8) is 0 Å². The van der Waals surface area contributed by atoms with Gasteiger partial charge in [0.1, 0.15) is 34.4 Å². The van der Waals surface area contributed by atoms with Crippen molar-refractivity contribution < 1.29 is 103 Å². The van der Waals surface area contributed by atoms with Crippen LogP contribution >= 0.6 is 0 Å². The first-order chi connectivity index (χ1) is 59.9. The van der Waals surface area contributed by atoms with E-state index in [9.17, 15) is 74.4 Å². The molecule has 10 saturated heterocycles. The van der Waals surface area contributed by atoms with Crippen molar-refractivity contribution in [1.29, 1.82) is 0 Å². The minimum atomic E-state index is -5.00. The summed E-state index contributed by atoms with van der Waals surface area (Å²) in [5, 5.41) is 3.14. The van der Waals surface area contributed by atoms with Gasteiger partial charge in [0.2, 0.25) is 50.1 Å². The number of hydrogen-bond acceptors (Lipinski definition) is 25. The molecule has 1 aliphatic carbocycles. The summed E-state index contributed by atoms with van der Waals surface area (Å²) >= 11 is 0. The molecular formula is C88H123F3N10O20S5. The second kappa shape index (κ2) is 41.5. The van der Waals surface area contributed by atoms with Crippen LogP contribution in [0.3, 0.4) is 0 Å². The lowest BCUT2D eigenvalue weighted by molar-refractivity contribution is -0.0912. The topological polar surface area (TPSA) is 336 Å². The van der Waals surface area contributed by atoms with Gasteiger partial charge in [-0.2, -0.15) is 34.7 Å². The van der Waals surface area contributed by atoms with Gasteiger partial charge >= 0.3 is 6.18 Å². The second-order valence-electron chi connectivity index (χ2n) is 33.9. The molecule has 0 atom stereocenters. The van der Waals surface area contributed by atoms with Crippen molar-refractivity contribution in [2.24, 2.45) is 5.92 Å². The van der Waals surface area contributed by atoms with Gasteiger partial charge in [0, 0.05) is 178 Å². The number of hydrogen-bond donors (Lipinski definition) is 1. The van der Waals surface area contributed by atoms with Crippen molar-refractivity contribution in [2.45, 2.75) is 204 Å². The fraction of sp³-hybridized carbons (Fsp3) is 0.614. The third kappa shape index (κ3) is 22.3. The molecule has 5 aromatic rings. The van der Waals surface area contributed by atoms with Crippen molar-refractivity contribution in [1.82, 2.24) is 46.4 Å². The molecule has 5 aromatic carbocycles. The number of sulfonamides is 5. The maximum Gasteiger partial charge on any atom is 0.454 e. The zero-order valence-corrected chi connectivity index (χ0v) is 77.4. The molecule has 5 spiro atoms. The number of halogens is 3. The Kier molecular flexibility index (Phi) is 32.5. The molecule has 0 radical (unpaired) electrons. The Morgan fingerprint density at radius 1 is 0.373 bits per heavy atom. The van der Waals surface area contributed by atoms with E-state index in [2.05, 4.69) is 45.7 Å². The lowest BCUT2D eigenvalue weighted by Gasteiger charge is -2.43. The molecule has 10 aliphatic heterocycles. The number of ketones is 4. The highest BCUT2D eigenvalue weighted by molar-refractivity contribution is 7.90. The molecule has 10 heterocycles. The number of nitrogens with one attached hydrogen (secondary N) is 1. The molecule has 1 saturated carbocycles. The zero-order valence-electron chi connectivity index (χ0n) is 73.3. The van der Waals surface area contributed by atoms with Gasteiger partial charge in [-0.05, 0) is 170 Å². The van der Waals surface area contributed by atoms with E-state index >= 15 is 0 Å². The number of Topliss-reactive ketones (excluding diaryl/α,β-unsaturated/α-hetero) is 4. The van der Waals surface area contributed by atoms with Crippen molar-refractivity contribution in [3.8, 4) is 5.75 Å². The van der Waals surface area contributed by atoms with Gasteiger partial charge in [-0.3, -0.25) is 19.2 Å². The number of rotatable bonds is 24. The van der Waals surface area contributed by atoms with Gasteiger partial charge in [0.15, 0.2) is 17.3 Å². The minimum Gasteiger partial charge on any atom is -0.497 e. The van der Waals surface area contributed by atoms with E-state index in [4.69, 9.17) is 28.4 Å². The number of likely N-dealkylation sites (tertiary alicyclic amines) is 4. The average molecular weight is 1860 g/mol. The van der Waals surface area contributed by atoms with Crippen LogP contribution < -0.4 is 10.1 Å². The molecule has 11 fully saturated rings. The summed E-state index contributed by atoms with van der Waals surface area (Å²) in [4.78, 5) is 55.8. The van der Waals surface area contributed by atoms with Gasteiger partial charge in [-0.15, -0.1) is 0 Å². The van der Waals surface area contributed by atoms with Gasteiger partial charge in [0.25, 0.3) is 5.78 Å². The Morgan fingerprint density at radius 2 is 0.627 bits per heavy atom. The highest BCUT2D eigenvalue weighted by Gasteiger charge is 2.56. The molecule has 0 amide bonds. The van der Waals surface area contributed by atoms with Crippen LogP contribution in [0.5, 0.6) is 5.75 Å². The highest BCUT2D eigenvalue weighted by Crippen LogP contribution is 2.45. The number of carbonyl (C=O) groups is 4. The van der Waals surface area contributed by atoms with Crippen molar-refractivity contribution >= 4 is 73.2 Å². The molecule has 11 aliphatic rings. The molecule has 696 valence electrons. The Balaban J connectivity index is 0.000000143. The number of alkyl halides is 3. The largest absolute Gasteiger partial charge is 0.497 e. The van der Waals surface area contributed by atoms with Crippen LogP contribution in [0.15, 0.2) is 146 Å². The smallest absolute Gasteiger partial charge is 0.454 e. The molecular weight excluding hydrogens is 1730 g/mol. The number of benzene rings is 5. The summed E-state index contributed by atoms with van der Waals surface area (Å²) < 4.78 is 211. The van der Waals surface area contributed by atoms with Crippen LogP contribution in [0.1, 0.15) is 186 Å². The summed E-state index contributed by atoms with van der Waals surface area (Å²) in [5.41, 5.74) is -2.79. The fourth-order valence-electron chi connectivity index (χ4n) is 18.3. The average Bonchev–Trinajstić information content (AvgIpc) is 1.57. The SMILES string of the molecule is CC(=O)c1ccc(S(=O)(=O)N2CCOC23CCN(CC2CC2)CC3)cc1.CCCCN1CCC2(CC1)OCCN2S(=O)(=O)c1ccc(C(C)=O)cc1.CCCCN1CCC2(CC1)OCCN2S(=O)(=O)c1ccc(OC)cc1.CCN1CCC2(CC1)OCCN2S(=O)(=O)c1ccc(C(C)=O)cc1.O=C(c1ccc(S(=O)(=O)N2CCOC23CCNCC3)cc1)C(F)(F)F. The molecule has 30 nitrogen and oxygen atoms in total. The van der Waals surface area contributed by atoms with Gasteiger partial charge < -0.3 is 53.3 Å². The van der Waals surface area contributed by atoms with Crippen molar-refractivity contribution in [3.05, 3.63) is 144 Å². The third-order valence-corrected chi connectivity index (χ3v) is 35.8. The number of methoxy groups -OCH3 is 1. The Bertz CT molecular complexity index is 5140. The number of carbonyl (C=O) groups excluding carboxylic acids is 4. The standard InChI is InChI=1S/C19H26N2O4S.C19H28N2O4S.C18H28N2O4S.C17H24N2O4S.C15H17F3N2O4S/c1-15(22)17-4-6-18(7-5-17)26(23,24)21-12-13-25-19(21)8-10-20(11-9-19)14-16-2-3-16;1-3-4-11-20-12-9-19(10-13-20)21(14-15-25-19)26(23,24)18-7-5-17(6-8-18)16(2)22;1-3-4-11-19-12-9-18(10-13-19)20(14-15-24-18)25(21,22)17-7-5-16(23-2)6-8-17;1-3-18-10-8-17(9-11-18)19(12-13-23-17)24(21,22)16-6-4-15(5-7-16)14(2)20;16-15(17,18)13(21)11-1-3-12(4-2-11)25(22,23)20-9-10-24-14(20)5-7-19-8-6-14/h4-7,16H,2-3,8-14H2,1H3;5-8H,3-4,9-15H2,1-2H3;5-8H,3-4,9-15H2,1-2H3;4-7H,3,8-13H2,1-2H3;1-4,19H,5-10H2. The van der Waals surface area contributed by atoms with Crippen LogP contribution in [0.25, 0.3) is 0 Å². The molecule has 0 unspecified atom stereocenters. The van der Waals surface area contributed by atoms with Crippen LogP contribution in [0.2, 0.25) is 0 Å². The monoisotopic (exact) mass is 1860 g/mol. The maximum atomic E-state index is 13.2. The van der Waals surface area contributed by atoms with Crippen molar-refractivity contribution in [2.75, 3.05) is 164 Å². The summed E-state index contributed by atoms with van der Waals surface area (Å²) in [6.45, 7) is 27.1. The Morgan fingerprint density at radius 3 is 0.873 bits per heavy atom. The van der Waals surface area contributed by atoms with Crippen LogP contribution in [-0.4, -0.2) is 306 Å². The zero-order chi connectivity index (χ0) is 90.7. The maximum absolute atomic E-state index is 13.2. The van der Waals surface area contributed by atoms with E-state index in [-0.39, 0.29) is 50.1 Å². The van der Waals surface area contributed by atoms with Crippen LogP contribution in [-0.2, 0) is 73.8 Å². The van der Waals surface area contributed by atoms with E-state index in [0.717, 1.165) is 128 Å². The molecule has 1 N–H and O–H groups in total. The number of nitrogens with zero attached hydrogens (tertiary/aromatic N) is 9. The van der Waals surface area contributed by atoms with Gasteiger partial charge in [-0.25, -0.2) is 42.1 Å². The number of ether oxygens (including phenoxy) is 6. The van der Waals surface area contributed by atoms with Crippen LogP contribution in [0, 0.1) is 5.92 Å². The third-order valence-electron chi connectivity index (χ3n) is 26.0. The van der Waals surface area contributed by atoms with E-state index in [1.54, 1.807) is 80.7 Å². The second-order valence-corrected chi connectivity index (χ2v) is 43.3. The highest BCUT2D eigenvalue weighted by atomic mass is 32.2. The summed E-state index contributed by atoms with van der Waals surface area (Å²) in [6, 6.07) is 29.0. The van der Waals surface area contributed by atoms with Gasteiger partial charge in [-0.1, -0.05) is 70.0 Å². The molecule has 126 heavy (non-hydrogen) atoms. The summed E-state index contributed by atoms with van der Waals surface area (Å²) in [5.74, 6) is -0.737. The summed E-state index contributed by atoms with van der Waals surface area (Å²) in [6.07, 6.45) is 8.98. The predicted molar refractivity (Wildman–Crippen MR) is 465 cm³/mol. The first-order valence-electron chi connectivity index (χ1n) is 44.0. The van der Waals surface area contributed by atoms with Gasteiger partial charge in [0.05, 0.1) is 64.6 Å². The normalized spacial score (nSPS) is 22.2. The predicted octanol–water partition coefficient (Wildman–Crippen LogP) is 10.2. The van der Waals surface area contributed by atoms with E-state index in [0.29, 0.717) is 144 Å². The molecule has 0 bridgehead atoms. The molecule has 38 heteroatoms. The summed E-state index contributed by atoms with van der Waals surface area (Å²) in [7, 11) is -16.9. The van der Waals surface area contributed by atoms with E-state index in [1.165, 1.54) is 97.9 Å². The fourth-order valence-corrected chi connectivity index (χ4v) is 27.0. The minimum absolute atomic E-state index is 0.0713. The first kappa shape index (κ1) is 98.6. The lowest BCUT2D eigenvalue weighted by Crippen LogP contribution is -2.55. The number of piperidine rings is 5. The first-order valence-corrected chi connectivity index (χ1v) is 51.2. The molecule has 16 rings (SSSR count). The lowest BCUT2D eigenvalue weighted by atomic mass is 10.0. The Hall–Kier alpha value is -6.48. The van der Waals surface area contributed by atoms with E-state index < -0.39 is 96.3 Å². The molecule has 0 aromatic heterocycles. The Labute approximate surface area is 741 Å². The quantitative estimate of drug-likeness (QED) is 0.0561.